The minimum absolute atomic E-state index is 0.192. The van der Waals surface area contributed by atoms with Crippen LogP contribution in [0.25, 0.3) is 0 Å². The van der Waals surface area contributed by atoms with Crippen LogP contribution in [0.1, 0.15) is 19.4 Å². The molecule has 1 fully saturated rings. The third kappa shape index (κ3) is 2.09. The number of carboxylic acid groups (broad SMARTS) is 1. The molecule has 0 saturated carbocycles. The van der Waals surface area contributed by atoms with Crippen molar-refractivity contribution in [2.75, 3.05) is 0 Å². The Morgan fingerprint density at radius 3 is 2.44 bits per heavy atom. The maximum absolute atomic E-state index is 11.0. The smallest absolute Gasteiger partial charge is 0.322 e. The van der Waals surface area contributed by atoms with Gasteiger partial charge in [-0.25, -0.2) is 0 Å². The Balaban J connectivity index is 2.04. The van der Waals surface area contributed by atoms with Crippen LogP contribution in [0, 0.1) is 5.92 Å². The molecule has 0 radical (unpaired) electrons. The summed E-state index contributed by atoms with van der Waals surface area (Å²) in [5.74, 6) is -0.306. The van der Waals surface area contributed by atoms with Crippen LogP contribution in [-0.2, 0) is 11.3 Å². The number of hydrogen-bond acceptors (Lipinski definition) is 2. The number of carboxylic acids is 1. The first-order valence-electron chi connectivity index (χ1n) is 5.63. The van der Waals surface area contributed by atoms with E-state index in [4.69, 9.17) is 5.11 Å². The van der Waals surface area contributed by atoms with Gasteiger partial charge in [-0.2, -0.15) is 0 Å². The number of carbonyl (C=O) groups is 1. The van der Waals surface area contributed by atoms with Gasteiger partial charge in [0.15, 0.2) is 0 Å². The summed E-state index contributed by atoms with van der Waals surface area (Å²) in [6.07, 6.45) is 0. The second kappa shape index (κ2) is 4.26. The lowest BCUT2D eigenvalue weighted by Gasteiger charge is -2.05. The molecular formula is C13H17NO2. The van der Waals surface area contributed by atoms with Crippen LogP contribution in [0.3, 0.4) is 0 Å². The molecule has 1 saturated heterocycles. The molecule has 0 bridgehead atoms. The summed E-state index contributed by atoms with van der Waals surface area (Å²) in [6.45, 7) is 4.89. The lowest BCUT2D eigenvalue weighted by molar-refractivity contribution is -0.137. The second-order valence-electron chi connectivity index (χ2n) is 4.68. The number of benzene rings is 1. The Morgan fingerprint density at radius 1 is 1.38 bits per heavy atom. The van der Waals surface area contributed by atoms with Gasteiger partial charge in [-0.1, -0.05) is 44.2 Å². The van der Waals surface area contributed by atoms with Crippen LogP contribution >= 0.6 is 0 Å². The van der Waals surface area contributed by atoms with Gasteiger partial charge in [0.1, 0.15) is 6.04 Å². The molecule has 0 aliphatic carbocycles. The lowest BCUT2D eigenvalue weighted by Crippen LogP contribution is -2.12. The van der Waals surface area contributed by atoms with Crippen LogP contribution in [0.5, 0.6) is 0 Å². The van der Waals surface area contributed by atoms with Gasteiger partial charge in [0.05, 0.1) is 0 Å². The zero-order valence-corrected chi connectivity index (χ0v) is 9.63. The van der Waals surface area contributed by atoms with Crippen molar-refractivity contribution < 1.29 is 9.90 Å². The SMILES string of the molecule is CC(C)[C@H]1[C@@H](C(=O)O)N1Cc1ccccc1. The summed E-state index contributed by atoms with van der Waals surface area (Å²) in [6, 6.07) is 9.92. The van der Waals surface area contributed by atoms with Crippen LogP contribution in [0.15, 0.2) is 30.3 Å². The molecule has 1 heterocycles. The maximum Gasteiger partial charge on any atom is 0.322 e. The van der Waals surface area contributed by atoms with Crippen molar-refractivity contribution >= 4 is 5.97 Å². The molecule has 1 aliphatic heterocycles. The number of hydrogen-bond donors (Lipinski definition) is 1. The van der Waals surface area contributed by atoms with Gasteiger partial charge in [0, 0.05) is 12.6 Å². The number of nitrogens with zero attached hydrogens (tertiary/aromatic N) is 1. The van der Waals surface area contributed by atoms with E-state index in [1.54, 1.807) is 0 Å². The van der Waals surface area contributed by atoms with Gasteiger partial charge in [0.2, 0.25) is 0 Å². The van der Waals surface area contributed by atoms with Crippen molar-refractivity contribution in [2.24, 2.45) is 5.92 Å². The molecule has 0 spiro atoms. The highest BCUT2D eigenvalue weighted by atomic mass is 16.4. The standard InChI is InChI=1S/C13H17NO2/c1-9(2)11-12(13(15)16)14(11)8-10-6-4-3-5-7-10/h3-7,9,11-12H,8H2,1-2H3,(H,15,16)/t11-,12-,14?/m0/s1. The summed E-state index contributed by atoms with van der Waals surface area (Å²) in [5, 5.41) is 9.08. The van der Waals surface area contributed by atoms with Crippen LogP contribution in [0.2, 0.25) is 0 Å². The van der Waals surface area contributed by atoms with Gasteiger partial charge in [0.25, 0.3) is 0 Å². The molecule has 3 heteroatoms. The van der Waals surface area contributed by atoms with Crippen molar-refractivity contribution in [1.29, 1.82) is 0 Å². The third-order valence-corrected chi connectivity index (χ3v) is 3.12. The second-order valence-corrected chi connectivity index (χ2v) is 4.68. The normalized spacial score (nSPS) is 28.1. The van der Waals surface area contributed by atoms with Gasteiger partial charge < -0.3 is 5.11 Å². The highest BCUT2D eigenvalue weighted by Crippen LogP contribution is 2.36. The first-order valence-corrected chi connectivity index (χ1v) is 5.63. The molecule has 1 unspecified atom stereocenters. The summed E-state index contributed by atoms with van der Waals surface area (Å²) < 4.78 is 0. The largest absolute Gasteiger partial charge is 0.480 e. The fourth-order valence-corrected chi connectivity index (χ4v) is 2.33. The first kappa shape index (κ1) is 11.1. The van der Waals surface area contributed by atoms with E-state index in [-0.39, 0.29) is 12.1 Å². The Labute approximate surface area is 95.7 Å². The van der Waals surface area contributed by atoms with Crippen molar-refractivity contribution in [3.63, 3.8) is 0 Å². The summed E-state index contributed by atoms with van der Waals surface area (Å²) >= 11 is 0. The van der Waals surface area contributed by atoms with Crippen LogP contribution in [-0.4, -0.2) is 28.1 Å². The highest BCUT2D eigenvalue weighted by molar-refractivity contribution is 5.78. The van der Waals surface area contributed by atoms with Crippen molar-refractivity contribution in [3.8, 4) is 0 Å². The van der Waals surface area contributed by atoms with E-state index < -0.39 is 5.97 Å². The average molecular weight is 219 g/mol. The molecule has 2 rings (SSSR count). The van der Waals surface area contributed by atoms with Gasteiger partial charge in [-0.05, 0) is 11.5 Å². The van der Waals surface area contributed by atoms with Crippen molar-refractivity contribution in [2.45, 2.75) is 32.5 Å². The van der Waals surface area contributed by atoms with E-state index in [9.17, 15) is 4.79 Å². The predicted octanol–water partition coefficient (Wildman–Crippen LogP) is 1.98. The highest BCUT2D eigenvalue weighted by Gasteiger charge is 2.53. The Bertz CT molecular complexity index is 375. The van der Waals surface area contributed by atoms with E-state index in [0.29, 0.717) is 5.92 Å². The summed E-state index contributed by atoms with van der Waals surface area (Å²) in [5.41, 5.74) is 1.18. The summed E-state index contributed by atoms with van der Waals surface area (Å²) in [7, 11) is 0. The molecule has 1 aromatic rings. The Hall–Kier alpha value is -1.35. The predicted molar refractivity (Wildman–Crippen MR) is 62.0 cm³/mol. The van der Waals surface area contributed by atoms with Gasteiger partial charge in [-0.3, -0.25) is 9.69 Å². The van der Waals surface area contributed by atoms with Crippen LogP contribution < -0.4 is 0 Å². The molecule has 16 heavy (non-hydrogen) atoms. The molecule has 1 aliphatic rings. The van der Waals surface area contributed by atoms with Crippen molar-refractivity contribution in [1.82, 2.24) is 4.90 Å². The molecule has 3 nitrogen and oxygen atoms in total. The topological polar surface area (TPSA) is 40.3 Å². The minimum atomic E-state index is -0.699. The maximum atomic E-state index is 11.0. The molecule has 1 aromatic carbocycles. The zero-order chi connectivity index (χ0) is 11.7. The number of aliphatic carboxylic acids is 1. The Kier molecular flexibility index (Phi) is 2.97. The monoisotopic (exact) mass is 219 g/mol. The Morgan fingerprint density at radius 2 is 2.00 bits per heavy atom. The van der Waals surface area contributed by atoms with Gasteiger partial charge in [-0.15, -0.1) is 0 Å². The first-order chi connectivity index (χ1) is 7.61. The summed E-state index contributed by atoms with van der Waals surface area (Å²) in [4.78, 5) is 13.1. The molecular weight excluding hydrogens is 202 g/mol. The third-order valence-electron chi connectivity index (χ3n) is 3.12. The fraction of sp³-hybridized carbons (Fsp3) is 0.462. The minimum Gasteiger partial charge on any atom is -0.480 e. The van der Waals surface area contributed by atoms with E-state index in [0.717, 1.165) is 6.54 Å². The molecule has 0 amide bonds. The average Bonchev–Trinajstić information content (AvgIpc) is 2.94. The molecule has 86 valence electrons. The van der Waals surface area contributed by atoms with E-state index in [2.05, 4.69) is 13.8 Å². The van der Waals surface area contributed by atoms with E-state index in [1.807, 2.05) is 35.2 Å². The molecule has 3 atom stereocenters. The van der Waals surface area contributed by atoms with Crippen LogP contribution in [0.4, 0.5) is 0 Å². The zero-order valence-electron chi connectivity index (χ0n) is 9.63. The lowest BCUT2D eigenvalue weighted by atomic mass is 10.1. The quantitative estimate of drug-likeness (QED) is 0.787. The van der Waals surface area contributed by atoms with E-state index >= 15 is 0 Å². The number of rotatable bonds is 4. The molecule has 0 aromatic heterocycles. The van der Waals surface area contributed by atoms with Gasteiger partial charge >= 0.3 is 5.97 Å². The van der Waals surface area contributed by atoms with E-state index in [1.165, 1.54) is 5.56 Å². The van der Waals surface area contributed by atoms with Crippen molar-refractivity contribution in [3.05, 3.63) is 35.9 Å². The fourth-order valence-electron chi connectivity index (χ4n) is 2.33. The molecule has 1 N–H and O–H groups in total.